The fourth-order valence-corrected chi connectivity index (χ4v) is 1.81. The molecule has 0 saturated carbocycles. The Morgan fingerprint density at radius 3 is 2.81 bits per heavy atom. The molecule has 0 fully saturated rings. The van der Waals surface area contributed by atoms with E-state index in [1.165, 1.54) is 0 Å². The first-order valence-electron chi connectivity index (χ1n) is 4.81. The van der Waals surface area contributed by atoms with Gasteiger partial charge in [0, 0.05) is 16.3 Å². The summed E-state index contributed by atoms with van der Waals surface area (Å²) in [7, 11) is 0. The zero-order chi connectivity index (χ0) is 10.8. The van der Waals surface area contributed by atoms with Gasteiger partial charge in [0.1, 0.15) is 0 Å². The summed E-state index contributed by atoms with van der Waals surface area (Å²) in [5, 5.41) is 7.63. The van der Waals surface area contributed by atoms with Crippen molar-refractivity contribution in [3.63, 3.8) is 0 Å². The second-order valence-electron chi connectivity index (χ2n) is 3.33. The third kappa shape index (κ3) is 2.31. The number of benzene rings is 1. The molecule has 86 valence electrons. The third-order valence-electron chi connectivity index (χ3n) is 2.34. The highest BCUT2D eigenvalue weighted by Gasteiger charge is 2.11. The maximum Gasteiger partial charge on any atom is 0.153 e. The lowest BCUT2D eigenvalue weighted by atomic mass is 10.0. The SMILES string of the molecule is CCc1[nH]nc(N)c1-c1cccc(Cl)c1.Cl. The van der Waals surface area contributed by atoms with Crippen LogP contribution in [0.5, 0.6) is 0 Å². The highest BCUT2D eigenvalue weighted by Crippen LogP contribution is 2.29. The Balaban J connectivity index is 0.00000128. The first-order valence-corrected chi connectivity index (χ1v) is 5.18. The molecule has 1 heterocycles. The van der Waals surface area contributed by atoms with Crippen LogP contribution in [-0.2, 0) is 6.42 Å². The average Bonchev–Trinajstić information content (AvgIpc) is 2.59. The second-order valence-corrected chi connectivity index (χ2v) is 3.76. The van der Waals surface area contributed by atoms with Crippen molar-refractivity contribution >= 4 is 29.8 Å². The lowest BCUT2D eigenvalue weighted by molar-refractivity contribution is 0.978. The van der Waals surface area contributed by atoms with E-state index in [0.29, 0.717) is 10.8 Å². The minimum Gasteiger partial charge on any atom is -0.382 e. The summed E-state index contributed by atoms with van der Waals surface area (Å²) in [5.41, 5.74) is 8.81. The molecule has 0 saturated heterocycles. The average molecular weight is 258 g/mol. The van der Waals surface area contributed by atoms with E-state index in [0.717, 1.165) is 23.2 Å². The van der Waals surface area contributed by atoms with Gasteiger partial charge >= 0.3 is 0 Å². The fraction of sp³-hybridized carbons (Fsp3) is 0.182. The van der Waals surface area contributed by atoms with E-state index in [1.807, 2.05) is 24.3 Å². The summed E-state index contributed by atoms with van der Waals surface area (Å²) in [5.74, 6) is 0.522. The molecule has 0 atom stereocenters. The van der Waals surface area contributed by atoms with Crippen molar-refractivity contribution in [3.05, 3.63) is 35.0 Å². The smallest absolute Gasteiger partial charge is 0.153 e. The topological polar surface area (TPSA) is 54.7 Å². The van der Waals surface area contributed by atoms with Gasteiger partial charge in [-0.15, -0.1) is 12.4 Å². The molecule has 0 aliphatic heterocycles. The molecule has 16 heavy (non-hydrogen) atoms. The van der Waals surface area contributed by atoms with Gasteiger partial charge in [-0.1, -0.05) is 30.7 Å². The number of rotatable bonds is 2. The van der Waals surface area contributed by atoms with Crippen molar-refractivity contribution in [1.29, 1.82) is 0 Å². The quantitative estimate of drug-likeness (QED) is 0.868. The van der Waals surface area contributed by atoms with Crippen LogP contribution in [0.3, 0.4) is 0 Å². The Kier molecular flexibility index (Phi) is 4.21. The van der Waals surface area contributed by atoms with Crippen LogP contribution < -0.4 is 5.73 Å². The van der Waals surface area contributed by atoms with E-state index >= 15 is 0 Å². The Bertz CT molecular complexity index is 480. The summed E-state index contributed by atoms with van der Waals surface area (Å²) in [6.45, 7) is 2.06. The number of nitrogen functional groups attached to an aromatic ring is 1. The van der Waals surface area contributed by atoms with E-state index in [4.69, 9.17) is 17.3 Å². The minimum absolute atomic E-state index is 0. The van der Waals surface area contributed by atoms with Gasteiger partial charge in [-0.2, -0.15) is 5.10 Å². The van der Waals surface area contributed by atoms with Crippen LogP contribution in [0.2, 0.25) is 5.02 Å². The van der Waals surface area contributed by atoms with Gasteiger partial charge in [0.05, 0.1) is 0 Å². The predicted molar refractivity (Wildman–Crippen MR) is 70.1 cm³/mol. The molecule has 0 amide bonds. The highest BCUT2D eigenvalue weighted by atomic mass is 35.5. The van der Waals surface area contributed by atoms with Crippen molar-refractivity contribution < 1.29 is 0 Å². The van der Waals surface area contributed by atoms with Gasteiger partial charge in [-0.3, -0.25) is 5.10 Å². The number of aromatic nitrogens is 2. The van der Waals surface area contributed by atoms with Gasteiger partial charge in [0.15, 0.2) is 5.82 Å². The molecule has 0 unspecified atom stereocenters. The molecule has 3 nitrogen and oxygen atoms in total. The van der Waals surface area contributed by atoms with Crippen LogP contribution in [0.25, 0.3) is 11.1 Å². The number of aromatic amines is 1. The third-order valence-corrected chi connectivity index (χ3v) is 2.57. The molecule has 0 aliphatic rings. The molecule has 0 bridgehead atoms. The van der Waals surface area contributed by atoms with E-state index in [-0.39, 0.29) is 12.4 Å². The summed E-state index contributed by atoms with van der Waals surface area (Å²) >= 11 is 5.94. The largest absolute Gasteiger partial charge is 0.382 e. The number of hydrogen-bond donors (Lipinski definition) is 2. The zero-order valence-corrected chi connectivity index (χ0v) is 10.4. The number of hydrogen-bond acceptors (Lipinski definition) is 2. The Morgan fingerprint density at radius 1 is 1.44 bits per heavy atom. The van der Waals surface area contributed by atoms with Crippen LogP contribution in [0.4, 0.5) is 5.82 Å². The van der Waals surface area contributed by atoms with Crippen LogP contribution in [0, 0.1) is 0 Å². The number of aryl methyl sites for hydroxylation is 1. The van der Waals surface area contributed by atoms with Crippen molar-refractivity contribution in [1.82, 2.24) is 10.2 Å². The molecule has 2 rings (SSSR count). The minimum atomic E-state index is 0. The number of nitrogens with one attached hydrogen (secondary N) is 1. The molecular formula is C11H13Cl2N3. The Labute approximate surface area is 105 Å². The maximum absolute atomic E-state index is 5.94. The Hall–Kier alpha value is -1.19. The first-order chi connectivity index (χ1) is 7.22. The van der Waals surface area contributed by atoms with Crippen molar-refractivity contribution in [2.24, 2.45) is 0 Å². The number of H-pyrrole nitrogens is 1. The number of nitrogens with zero attached hydrogens (tertiary/aromatic N) is 1. The summed E-state index contributed by atoms with van der Waals surface area (Å²) in [6.07, 6.45) is 0.867. The van der Waals surface area contributed by atoms with Crippen LogP contribution in [0.1, 0.15) is 12.6 Å². The standard InChI is InChI=1S/C11H12ClN3.ClH/c1-2-9-10(11(13)15-14-9)7-4-3-5-8(12)6-7;/h3-6H,2H2,1H3,(H3,13,14,15);1H. The lowest BCUT2D eigenvalue weighted by Crippen LogP contribution is -1.89. The van der Waals surface area contributed by atoms with Crippen LogP contribution in [-0.4, -0.2) is 10.2 Å². The van der Waals surface area contributed by atoms with Crippen molar-refractivity contribution in [2.75, 3.05) is 5.73 Å². The second kappa shape index (κ2) is 5.23. The lowest BCUT2D eigenvalue weighted by Gasteiger charge is -2.02. The van der Waals surface area contributed by atoms with E-state index in [9.17, 15) is 0 Å². The van der Waals surface area contributed by atoms with E-state index in [2.05, 4.69) is 17.1 Å². The van der Waals surface area contributed by atoms with Crippen molar-refractivity contribution in [2.45, 2.75) is 13.3 Å². The highest BCUT2D eigenvalue weighted by molar-refractivity contribution is 6.30. The van der Waals surface area contributed by atoms with Gasteiger partial charge in [-0.05, 0) is 24.1 Å². The van der Waals surface area contributed by atoms with Crippen LogP contribution >= 0.6 is 24.0 Å². The molecular weight excluding hydrogens is 245 g/mol. The maximum atomic E-state index is 5.94. The summed E-state index contributed by atoms with van der Waals surface area (Å²) in [6, 6.07) is 7.62. The van der Waals surface area contributed by atoms with E-state index < -0.39 is 0 Å². The van der Waals surface area contributed by atoms with Gasteiger partial charge in [0.25, 0.3) is 0 Å². The molecule has 5 heteroatoms. The van der Waals surface area contributed by atoms with Gasteiger partial charge in [0.2, 0.25) is 0 Å². The number of anilines is 1. The number of halogens is 2. The van der Waals surface area contributed by atoms with E-state index in [1.54, 1.807) is 0 Å². The number of nitrogens with two attached hydrogens (primary N) is 1. The summed E-state index contributed by atoms with van der Waals surface area (Å²) < 4.78 is 0. The van der Waals surface area contributed by atoms with Gasteiger partial charge in [-0.25, -0.2) is 0 Å². The molecule has 0 radical (unpaired) electrons. The molecule has 0 spiro atoms. The Morgan fingerprint density at radius 2 is 2.19 bits per heavy atom. The zero-order valence-electron chi connectivity index (χ0n) is 8.83. The van der Waals surface area contributed by atoms with Crippen molar-refractivity contribution in [3.8, 4) is 11.1 Å². The van der Waals surface area contributed by atoms with Crippen LogP contribution in [0.15, 0.2) is 24.3 Å². The summed E-state index contributed by atoms with van der Waals surface area (Å²) in [4.78, 5) is 0. The normalized spacial score (nSPS) is 9.88. The van der Waals surface area contributed by atoms with Gasteiger partial charge < -0.3 is 5.73 Å². The molecule has 1 aromatic carbocycles. The molecule has 1 aromatic heterocycles. The predicted octanol–water partition coefficient (Wildman–Crippen LogP) is 3.30. The molecule has 0 aliphatic carbocycles. The molecule has 3 N–H and O–H groups in total. The first kappa shape index (κ1) is 12.9. The monoisotopic (exact) mass is 257 g/mol. The molecule has 2 aromatic rings. The fourth-order valence-electron chi connectivity index (χ4n) is 1.62.